The van der Waals surface area contributed by atoms with Crippen LogP contribution < -0.4 is 20.5 Å². The van der Waals surface area contributed by atoms with Crippen molar-refractivity contribution in [2.24, 2.45) is 11.1 Å². The molecule has 2 atom stereocenters. The van der Waals surface area contributed by atoms with E-state index in [0.29, 0.717) is 28.8 Å². The summed E-state index contributed by atoms with van der Waals surface area (Å²) in [6.07, 6.45) is 0. The topological polar surface area (TPSA) is 82.8 Å². The number of carbonyl (C=O) groups excluding carboxylic acids is 1. The van der Waals surface area contributed by atoms with Crippen LogP contribution >= 0.6 is 11.6 Å². The molecule has 0 spiro atoms. The van der Waals surface area contributed by atoms with E-state index in [1.54, 1.807) is 19.1 Å². The summed E-state index contributed by atoms with van der Waals surface area (Å²) in [5, 5.41) is 3.22. The molecule has 1 aliphatic rings. The zero-order valence-electron chi connectivity index (χ0n) is 12.2. The number of rotatable bonds is 4. The average molecular weight is 315 g/mol. The number of nitrogens with one attached hydrogen (secondary N) is 1. The molecule has 1 saturated heterocycles. The highest BCUT2D eigenvalue weighted by atomic mass is 35.5. The van der Waals surface area contributed by atoms with Crippen LogP contribution in [0.3, 0.4) is 0 Å². The largest absolute Gasteiger partial charge is 0.495 e. The van der Waals surface area contributed by atoms with Crippen LogP contribution in [0.15, 0.2) is 12.1 Å². The molecule has 3 N–H and O–H groups in total. The van der Waals surface area contributed by atoms with E-state index >= 15 is 0 Å². The van der Waals surface area contributed by atoms with E-state index in [4.69, 9.17) is 31.5 Å². The molecule has 1 amide bonds. The molecule has 0 aliphatic carbocycles. The minimum absolute atomic E-state index is 0.227. The van der Waals surface area contributed by atoms with E-state index in [2.05, 4.69) is 5.32 Å². The fourth-order valence-electron chi connectivity index (χ4n) is 2.15. The maximum Gasteiger partial charge on any atom is 0.234 e. The van der Waals surface area contributed by atoms with Gasteiger partial charge in [0.15, 0.2) is 0 Å². The molecule has 2 rings (SSSR count). The Kier molecular flexibility index (Phi) is 4.61. The Morgan fingerprint density at radius 2 is 2.10 bits per heavy atom. The van der Waals surface area contributed by atoms with Crippen molar-refractivity contribution in [2.75, 3.05) is 32.8 Å². The summed E-state index contributed by atoms with van der Waals surface area (Å²) in [4.78, 5) is 12.5. The number of methoxy groups -OCH3 is 2. The van der Waals surface area contributed by atoms with E-state index in [0.717, 1.165) is 0 Å². The molecule has 7 heteroatoms. The van der Waals surface area contributed by atoms with Gasteiger partial charge in [-0.15, -0.1) is 0 Å². The molecule has 2 unspecified atom stereocenters. The molecule has 1 heterocycles. The van der Waals surface area contributed by atoms with Gasteiger partial charge in [0.05, 0.1) is 43.6 Å². The lowest BCUT2D eigenvalue weighted by Crippen LogP contribution is -2.47. The number of hydrogen-bond acceptors (Lipinski definition) is 5. The molecule has 0 aromatic heterocycles. The monoisotopic (exact) mass is 314 g/mol. The second kappa shape index (κ2) is 6.09. The number of ether oxygens (including phenoxy) is 3. The third kappa shape index (κ3) is 2.92. The van der Waals surface area contributed by atoms with Gasteiger partial charge in [-0.2, -0.15) is 0 Å². The standard InChI is InChI=1S/C14H19ClN2O4/c1-14(7-21-6-12(14)16)13(18)17-9-5-10(19-2)8(15)4-11(9)20-3/h4-5,12H,6-7,16H2,1-3H3,(H,17,18). The van der Waals surface area contributed by atoms with E-state index < -0.39 is 5.41 Å². The van der Waals surface area contributed by atoms with Crippen molar-refractivity contribution < 1.29 is 19.0 Å². The first-order chi connectivity index (χ1) is 9.92. The van der Waals surface area contributed by atoms with Gasteiger partial charge < -0.3 is 25.3 Å². The summed E-state index contributed by atoms with van der Waals surface area (Å²) in [6, 6.07) is 2.85. The molecule has 6 nitrogen and oxygen atoms in total. The highest BCUT2D eigenvalue weighted by molar-refractivity contribution is 6.32. The van der Waals surface area contributed by atoms with Crippen molar-refractivity contribution in [1.29, 1.82) is 0 Å². The molecule has 1 aliphatic heterocycles. The normalized spacial score (nSPS) is 24.7. The van der Waals surface area contributed by atoms with Crippen molar-refractivity contribution in [3.05, 3.63) is 17.2 Å². The van der Waals surface area contributed by atoms with Crippen LogP contribution in [0.2, 0.25) is 5.02 Å². The molecule has 1 fully saturated rings. The fraction of sp³-hybridized carbons (Fsp3) is 0.500. The van der Waals surface area contributed by atoms with E-state index in [1.165, 1.54) is 14.2 Å². The average Bonchev–Trinajstić information content (AvgIpc) is 2.81. The van der Waals surface area contributed by atoms with Gasteiger partial charge in [0, 0.05) is 18.2 Å². The quantitative estimate of drug-likeness (QED) is 0.883. The van der Waals surface area contributed by atoms with Gasteiger partial charge in [-0.05, 0) is 6.92 Å². The first-order valence-electron chi connectivity index (χ1n) is 6.48. The number of carbonyl (C=O) groups is 1. The summed E-state index contributed by atoms with van der Waals surface area (Å²) in [5.74, 6) is 0.672. The molecule has 116 valence electrons. The first-order valence-corrected chi connectivity index (χ1v) is 6.86. The fourth-order valence-corrected chi connectivity index (χ4v) is 2.38. The van der Waals surface area contributed by atoms with Gasteiger partial charge in [0.25, 0.3) is 0 Å². The number of anilines is 1. The van der Waals surface area contributed by atoms with Crippen LogP contribution in [0.5, 0.6) is 11.5 Å². The molecule has 0 saturated carbocycles. The summed E-state index contributed by atoms with van der Waals surface area (Å²) >= 11 is 6.04. The third-order valence-corrected chi connectivity index (χ3v) is 4.05. The Hall–Kier alpha value is -1.50. The molecule has 1 aromatic rings. The van der Waals surface area contributed by atoms with Gasteiger partial charge in [0.1, 0.15) is 11.5 Å². The van der Waals surface area contributed by atoms with E-state index in [-0.39, 0.29) is 18.6 Å². The second-order valence-corrected chi connectivity index (χ2v) is 5.59. The van der Waals surface area contributed by atoms with Gasteiger partial charge >= 0.3 is 0 Å². The third-order valence-electron chi connectivity index (χ3n) is 3.76. The zero-order chi connectivity index (χ0) is 15.6. The van der Waals surface area contributed by atoms with Gasteiger partial charge in [-0.25, -0.2) is 0 Å². The van der Waals surface area contributed by atoms with Crippen LogP contribution in [0.25, 0.3) is 0 Å². The molecular formula is C14H19ClN2O4. The first kappa shape index (κ1) is 15.9. The lowest BCUT2D eigenvalue weighted by Gasteiger charge is -2.26. The summed E-state index contributed by atoms with van der Waals surface area (Å²) in [5.41, 5.74) is 5.65. The Balaban J connectivity index is 2.28. The maximum absolute atomic E-state index is 12.5. The predicted octanol–water partition coefficient (Wildman–Crippen LogP) is 1.66. The molecule has 1 aromatic carbocycles. The SMILES string of the molecule is COc1cc(NC(=O)C2(C)COCC2N)c(OC)cc1Cl. The van der Waals surface area contributed by atoms with Crippen LogP contribution in [-0.2, 0) is 9.53 Å². The zero-order valence-corrected chi connectivity index (χ0v) is 13.0. The Labute approximate surface area is 128 Å². The highest BCUT2D eigenvalue weighted by Gasteiger charge is 2.44. The lowest BCUT2D eigenvalue weighted by molar-refractivity contribution is -0.125. The van der Waals surface area contributed by atoms with Gasteiger partial charge in [0.2, 0.25) is 5.91 Å². The van der Waals surface area contributed by atoms with Crippen LogP contribution in [0.4, 0.5) is 5.69 Å². The van der Waals surface area contributed by atoms with Crippen LogP contribution in [0.1, 0.15) is 6.92 Å². The smallest absolute Gasteiger partial charge is 0.234 e. The van der Waals surface area contributed by atoms with E-state index in [9.17, 15) is 4.79 Å². The summed E-state index contributed by atoms with van der Waals surface area (Å²) < 4.78 is 15.7. The maximum atomic E-state index is 12.5. The number of halogens is 1. The van der Waals surface area contributed by atoms with Crippen molar-refractivity contribution in [2.45, 2.75) is 13.0 Å². The Morgan fingerprint density at radius 1 is 1.43 bits per heavy atom. The van der Waals surface area contributed by atoms with Crippen molar-refractivity contribution in [3.8, 4) is 11.5 Å². The van der Waals surface area contributed by atoms with Crippen molar-refractivity contribution in [1.82, 2.24) is 0 Å². The van der Waals surface area contributed by atoms with E-state index in [1.807, 2.05) is 0 Å². The van der Waals surface area contributed by atoms with Crippen molar-refractivity contribution in [3.63, 3.8) is 0 Å². The number of amides is 1. The summed E-state index contributed by atoms with van der Waals surface area (Å²) in [7, 11) is 3.00. The second-order valence-electron chi connectivity index (χ2n) is 5.18. The van der Waals surface area contributed by atoms with Gasteiger partial charge in [-0.1, -0.05) is 11.6 Å². The number of benzene rings is 1. The number of hydrogen-bond donors (Lipinski definition) is 2. The van der Waals surface area contributed by atoms with Crippen LogP contribution in [0, 0.1) is 5.41 Å². The predicted molar refractivity (Wildman–Crippen MR) is 80.1 cm³/mol. The minimum Gasteiger partial charge on any atom is -0.495 e. The summed E-state index contributed by atoms with van der Waals surface area (Å²) in [6.45, 7) is 2.43. The molecule has 21 heavy (non-hydrogen) atoms. The number of nitrogens with two attached hydrogens (primary N) is 1. The highest BCUT2D eigenvalue weighted by Crippen LogP contribution is 2.37. The Bertz CT molecular complexity index is 552. The molecule has 0 radical (unpaired) electrons. The molecular weight excluding hydrogens is 296 g/mol. The lowest BCUT2D eigenvalue weighted by atomic mass is 9.85. The van der Waals surface area contributed by atoms with Crippen LogP contribution in [-0.4, -0.2) is 39.4 Å². The minimum atomic E-state index is -0.780. The van der Waals surface area contributed by atoms with Gasteiger partial charge in [-0.3, -0.25) is 4.79 Å². The molecule has 0 bridgehead atoms. The Morgan fingerprint density at radius 3 is 2.62 bits per heavy atom. The van der Waals surface area contributed by atoms with Crippen molar-refractivity contribution >= 4 is 23.2 Å².